The molecule has 1 aliphatic rings. The molecule has 0 N–H and O–H groups in total. The van der Waals surface area contributed by atoms with Crippen molar-refractivity contribution in [1.29, 1.82) is 0 Å². The molecule has 0 spiro atoms. The van der Waals surface area contributed by atoms with Crippen molar-refractivity contribution >= 4 is 44.9 Å². The number of carbonyl (C=O) groups excluding carboxylic acids is 1. The molecule has 0 atom stereocenters. The van der Waals surface area contributed by atoms with Crippen molar-refractivity contribution in [3.8, 4) is 5.69 Å². The number of thiazole rings is 1. The average molecular weight is 464 g/mol. The van der Waals surface area contributed by atoms with Gasteiger partial charge in [-0.15, -0.1) is 11.3 Å². The Balaban J connectivity index is 1.20. The van der Waals surface area contributed by atoms with E-state index < -0.39 is 0 Å². The average Bonchev–Trinajstić information content (AvgIpc) is 3.38. The largest absolute Gasteiger partial charge is 0.365 e. The van der Waals surface area contributed by atoms with Crippen LogP contribution < -0.4 is 4.90 Å². The molecule has 164 valence electrons. The molecule has 32 heavy (non-hydrogen) atoms. The lowest BCUT2D eigenvalue weighted by Crippen LogP contribution is -2.49. The van der Waals surface area contributed by atoms with E-state index in [4.69, 9.17) is 5.10 Å². The molecule has 4 aromatic rings. The number of thioether (sulfide) groups is 1. The van der Waals surface area contributed by atoms with Gasteiger partial charge >= 0.3 is 0 Å². The van der Waals surface area contributed by atoms with Crippen molar-refractivity contribution in [2.24, 2.45) is 0 Å². The molecule has 0 radical (unpaired) electrons. The molecule has 0 aliphatic carbocycles. The fourth-order valence-corrected chi connectivity index (χ4v) is 6.19. The summed E-state index contributed by atoms with van der Waals surface area (Å²) < 4.78 is 4.13. The molecule has 1 aliphatic heterocycles. The highest BCUT2D eigenvalue weighted by Gasteiger charge is 2.25. The van der Waals surface area contributed by atoms with E-state index in [9.17, 15) is 4.79 Å². The summed E-state index contributed by atoms with van der Waals surface area (Å²) in [6, 6.07) is 18.3. The molecular formula is C24H25N5OS2. The second-order valence-corrected chi connectivity index (χ2v) is 10.1. The number of hydrogen-bond acceptors (Lipinski definition) is 6. The first-order valence-electron chi connectivity index (χ1n) is 10.7. The SMILES string of the molecule is Cc1nn(-c2ccccc2)c(C)c1N1CCN(C(=O)CSc2nc3ccccc3s2)CC1. The van der Waals surface area contributed by atoms with Crippen molar-refractivity contribution < 1.29 is 4.79 Å². The van der Waals surface area contributed by atoms with Crippen molar-refractivity contribution in [3.05, 3.63) is 66.0 Å². The highest BCUT2D eigenvalue weighted by atomic mass is 32.2. The number of anilines is 1. The number of hydrogen-bond donors (Lipinski definition) is 0. The van der Waals surface area contributed by atoms with Crippen LogP contribution in [0.1, 0.15) is 11.4 Å². The first-order valence-corrected chi connectivity index (χ1v) is 12.5. The van der Waals surface area contributed by atoms with Crippen molar-refractivity contribution in [2.75, 3.05) is 36.8 Å². The summed E-state index contributed by atoms with van der Waals surface area (Å²) in [5, 5.41) is 4.78. The zero-order valence-electron chi connectivity index (χ0n) is 18.2. The van der Waals surface area contributed by atoms with Crippen LogP contribution in [0.5, 0.6) is 0 Å². The Bertz CT molecular complexity index is 1210. The van der Waals surface area contributed by atoms with Gasteiger partial charge in [-0.25, -0.2) is 9.67 Å². The van der Waals surface area contributed by atoms with Crippen LogP contribution in [0, 0.1) is 13.8 Å². The number of aryl methyl sites for hydroxylation is 1. The summed E-state index contributed by atoms with van der Waals surface area (Å²) in [5.74, 6) is 0.617. The van der Waals surface area contributed by atoms with Gasteiger partial charge in [-0.05, 0) is 38.1 Å². The molecule has 1 amide bonds. The van der Waals surface area contributed by atoms with E-state index in [2.05, 4.69) is 41.9 Å². The van der Waals surface area contributed by atoms with Crippen molar-refractivity contribution in [3.63, 3.8) is 0 Å². The third kappa shape index (κ3) is 4.12. The van der Waals surface area contributed by atoms with Crippen molar-refractivity contribution in [2.45, 2.75) is 18.2 Å². The van der Waals surface area contributed by atoms with Crippen LogP contribution >= 0.6 is 23.1 Å². The molecule has 2 aromatic heterocycles. The summed E-state index contributed by atoms with van der Waals surface area (Å²) in [5.41, 5.74) is 5.42. The maximum absolute atomic E-state index is 12.8. The number of aromatic nitrogens is 3. The molecule has 1 fully saturated rings. The van der Waals surface area contributed by atoms with E-state index in [0.717, 1.165) is 57.8 Å². The van der Waals surface area contributed by atoms with E-state index in [1.165, 1.54) is 5.69 Å². The number of nitrogens with zero attached hydrogens (tertiary/aromatic N) is 5. The number of piperazine rings is 1. The minimum absolute atomic E-state index is 0.183. The van der Waals surface area contributed by atoms with Gasteiger partial charge in [0.05, 0.1) is 38.7 Å². The van der Waals surface area contributed by atoms with E-state index in [-0.39, 0.29) is 5.91 Å². The van der Waals surface area contributed by atoms with Crippen LogP contribution in [0.2, 0.25) is 0 Å². The van der Waals surface area contributed by atoms with E-state index in [1.807, 2.05) is 46.0 Å². The summed E-state index contributed by atoms with van der Waals surface area (Å²) >= 11 is 3.19. The quantitative estimate of drug-likeness (QED) is 0.407. The summed E-state index contributed by atoms with van der Waals surface area (Å²) in [6.07, 6.45) is 0. The van der Waals surface area contributed by atoms with Gasteiger partial charge in [0.15, 0.2) is 4.34 Å². The number of rotatable bonds is 5. The molecule has 0 unspecified atom stereocenters. The Morgan fingerprint density at radius 3 is 2.47 bits per heavy atom. The van der Waals surface area contributed by atoms with Gasteiger partial charge in [0.2, 0.25) is 5.91 Å². The van der Waals surface area contributed by atoms with Crippen LogP contribution in [0.3, 0.4) is 0 Å². The predicted octanol–water partition coefficient (Wildman–Crippen LogP) is 4.54. The Hall–Kier alpha value is -2.84. The van der Waals surface area contributed by atoms with Gasteiger partial charge in [0.25, 0.3) is 0 Å². The Morgan fingerprint density at radius 2 is 1.72 bits per heavy atom. The highest BCUT2D eigenvalue weighted by Crippen LogP contribution is 2.30. The minimum atomic E-state index is 0.183. The van der Waals surface area contributed by atoms with Crippen LogP contribution in [0.15, 0.2) is 58.9 Å². The molecule has 0 saturated carbocycles. The maximum Gasteiger partial charge on any atom is 0.233 e. The van der Waals surface area contributed by atoms with Crippen LogP contribution in [0.4, 0.5) is 5.69 Å². The van der Waals surface area contributed by atoms with Crippen molar-refractivity contribution in [1.82, 2.24) is 19.7 Å². The first kappa shape index (κ1) is 21.0. The van der Waals surface area contributed by atoms with Gasteiger partial charge in [0, 0.05) is 26.2 Å². The normalized spacial score (nSPS) is 14.3. The van der Waals surface area contributed by atoms with Gasteiger partial charge in [0.1, 0.15) is 0 Å². The van der Waals surface area contributed by atoms with Crippen LogP contribution in [0.25, 0.3) is 15.9 Å². The Morgan fingerprint density at radius 1 is 1.00 bits per heavy atom. The molecule has 5 rings (SSSR count). The second kappa shape index (κ2) is 8.96. The lowest BCUT2D eigenvalue weighted by Gasteiger charge is -2.36. The standard InChI is InChI=1S/C24H25N5OS2/c1-17-23(18(2)29(26-17)19-8-4-3-5-9-19)28-14-12-27(13-15-28)22(30)16-31-24-25-20-10-6-7-11-21(20)32-24/h3-11H,12-16H2,1-2H3. The monoisotopic (exact) mass is 463 g/mol. The number of benzene rings is 2. The topological polar surface area (TPSA) is 54.3 Å². The Labute approximate surface area is 195 Å². The number of para-hydroxylation sites is 2. The number of fused-ring (bicyclic) bond motifs is 1. The van der Waals surface area contributed by atoms with Gasteiger partial charge in [-0.3, -0.25) is 4.79 Å². The van der Waals surface area contributed by atoms with Gasteiger partial charge in [-0.1, -0.05) is 42.1 Å². The summed E-state index contributed by atoms with van der Waals surface area (Å²) in [7, 11) is 0. The maximum atomic E-state index is 12.8. The highest BCUT2D eigenvalue weighted by molar-refractivity contribution is 8.01. The third-order valence-electron chi connectivity index (χ3n) is 5.80. The molecule has 1 saturated heterocycles. The zero-order chi connectivity index (χ0) is 22.1. The summed E-state index contributed by atoms with van der Waals surface area (Å²) in [4.78, 5) is 21.8. The van der Waals surface area contributed by atoms with E-state index >= 15 is 0 Å². The number of carbonyl (C=O) groups is 1. The van der Waals surface area contributed by atoms with Gasteiger partial charge in [-0.2, -0.15) is 5.10 Å². The minimum Gasteiger partial charge on any atom is -0.365 e. The molecule has 0 bridgehead atoms. The van der Waals surface area contributed by atoms with Crippen LogP contribution in [-0.4, -0.2) is 57.5 Å². The molecule has 3 heterocycles. The van der Waals surface area contributed by atoms with E-state index in [0.29, 0.717) is 5.75 Å². The second-order valence-electron chi connectivity index (χ2n) is 7.87. The lowest BCUT2D eigenvalue weighted by molar-refractivity contribution is -0.128. The molecular weight excluding hydrogens is 438 g/mol. The smallest absolute Gasteiger partial charge is 0.233 e. The fraction of sp³-hybridized carbons (Fsp3) is 0.292. The van der Waals surface area contributed by atoms with E-state index in [1.54, 1.807) is 23.1 Å². The van der Waals surface area contributed by atoms with Gasteiger partial charge < -0.3 is 9.80 Å². The number of amides is 1. The van der Waals surface area contributed by atoms with Crippen LogP contribution in [-0.2, 0) is 4.79 Å². The molecule has 2 aromatic carbocycles. The fourth-order valence-electron chi connectivity index (χ4n) is 4.22. The molecule has 8 heteroatoms. The summed E-state index contributed by atoms with van der Waals surface area (Å²) in [6.45, 7) is 7.28. The first-order chi connectivity index (χ1) is 15.6. The predicted molar refractivity (Wildman–Crippen MR) is 132 cm³/mol. The lowest BCUT2D eigenvalue weighted by atomic mass is 10.2. The zero-order valence-corrected chi connectivity index (χ0v) is 19.8. The Kier molecular flexibility index (Phi) is 5.89. The third-order valence-corrected chi connectivity index (χ3v) is 7.96. The molecule has 6 nitrogen and oxygen atoms in total.